The Labute approximate surface area is 160 Å². The van der Waals surface area contributed by atoms with Crippen molar-refractivity contribution in [2.45, 2.75) is 19.9 Å². The molecule has 6 heteroatoms. The molecule has 0 fully saturated rings. The molecule has 130 valence electrons. The summed E-state index contributed by atoms with van der Waals surface area (Å²) in [6, 6.07) is 16.8. The number of hydrogen-bond acceptors (Lipinski definition) is 3. The Kier molecular flexibility index (Phi) is 5.19. The fraction of sp³-hybridized carbons (Fsp3) is 0.150. The minimum atomic E-state index is -0.180. The fourth-order valence-corrected chi connectivity index (χ4v) is 3.09. The van der Waals surface area contributed by atoms with Crippen molar-refractivity contribution in [3.63, 3.8) is 0 Å². The SMILES string of the molecule is Cc1c(C(=O)NC(C)c2ccc(C#N)cc2)cnn1-c1cccc(Br)c1. The highest BCUT2D eigenvalue weighted by Crippen LogP contribution is 2.19. The van der Waals surface area contributed by atoms with Crippen LogP contribution in [-0.2, 0) is 0 Å². The van der Waals surface area contributed by atoms with Crippen molar-refractivity contribution in [1.29, 1.82) is 5.26 Å². The first-order chi connectivity index (χ1) is 12.5. The lowest BCUT2D eigenvalue weighted by atomic mass is 10.1. The van der Waals surface area contributed by atoms with Gasteiger partial charge < -0.3 is 5.32 Å². The first-order valence-electron chi connectivity index (χ1n) is 8.11. The van der Waals surface area contributed by atoms with Crippen LogP contribution < -0.4 is 5.32 Å². The van der Waals surface area contributed by atoms with Crippen LogP contribution >= 0.6 is 15.9 Å². The summed E-state index contributed by atoms with van der Waals surface area (Å²) < 4.78 is 2.69. The molecule has 1 unspecified atom stereocenters. The van der Waals surface area contributed by atoms with E-state index >= 15 is 0 Å². The van der Waals surface area contributed by atoms with Crippen molar-refractivity contribution >= 4 is 21.8 Å². The van der Waals surface area contributed by atoms with Gasteiger partial charge in [-0.2, -0.15) is 10.4 Å². The molecule has 0 aliphatic rings. The molecule has 1 atom stereocenters. The van der Waals surface area contributed by atoms with Gasteiger partial charge in [-0.1, -0.05) is 34.1 Å². The number of carbonyl (C=O) groups excluding carboxylic acids is 1. The van der Waals surface area contributed by atoms with Crippen LogP contribution in [0.2, 0.25) is 0 Å². The molecule has 0 aliphatic heterocycles. The highest BCUT2D eigenvalue weighted by Gasteiger charge is 2.17. The predicted octanol–water partition coefficient (Wildman–Crippen LogP) is 4.31. The van der Waals surface area contributed by atoms with Crippen molar-refractivity contribution in [2.75, 3.05) is 0 Å². The molecule has 0 saturated carbocycles. The van der Waals surface area contributed by atoms with E-state index in [4.69, 9.17) is 5.26 Å². The van der Waals surface area contributed by atoms with Gasteiger partial charge in [0.25, 0.3) is 5.91 Å². The smallest absolute Gasteiger partial charge is 0.255 e. The number of benzene rings is 2. The zero-order valence-electron chi connectivity index (χ0n) is 14.4. The van der Waals surface area contributed by atoms with Crippen LogP contribution in [0.4, 0.5) is 0 Å². The molecule has 0 spiro atoms. The topological polar surface area (TPSA) is 70.7 Å². The van der Waals surface area contributed by atoms with E-state index in [9.17, 15) is 4.79 Å². The number of amides is 1. The molecular weight excluding hydrogens is 392 g/mol. The maximum atomic E-state index is 12.7. The quantitative estimate of drug-likeness (QED) is 0.698. The third kappa shape index (κ3) is 3.68. The molecule has 0 aliphatic carbocycles. The number of hydrogen-bond donors (Lipinski definition) is 1. The number of nitrogens with one attached hydrogen (secondary N) is 1. The number of carbonyl (C=O) groups is 1. The Bertz CT molecular complexity index is 986. The average molecular weight is 409 g/mol. The molecule has 1 amide bonds. The van der Waals surface area contributed by atoms with Crippen molar-refractivity contribution in [3.05, 3.63) is 81.6 Å². The lowest BCUT2D eigenvalue weighted by Crippen LogP contribution is -2.27. The maximum Gasteiger partial charge on any atom is 0.255 e. The van der Waals surface area contributed by atoms with Gasteiger partial charge in [-0.3, -0.25) is 4.79 Å². The van der Waals surface area contributed by atoms with Gasteiger partial charge in [0.2, 0.25) is 0 Å². The highest BCUT2D eigenvalue weighted by atomic mass is 79.9. The normalized spacial score (nSPS) is 11.6. The van der Waals surface area contributed by atoms with E-state index < -0.39 is 0 Å². The molecule has 0 radical (unpaired) electrons. The Morgan fingerprint density at radius 1 is 1.27 bits per heavy atom. The van der Waals surface area contributed by atoms with Gasteiger partial charge in [0.05, 0.1) is 40.8 Å². The van der Waals surface area contributed by atoms with Crippen LogP contribution in [0.15, 0.2) is 59.2 Å². The third-order valence-corrected chi connectivity index (χ3v) is 4.69. The molecule has 2 aromatic carbocycles. The first-order valence-corrected chi connectivity index (χ1v) is 8.90. The maximum absolute atomic E-state index is 12.7. The van der Waals surface area contributed by atoms with Crippen LogP contribution in [0.25, 0.3) is 5.69 Å². The van der Waals surface area contributed by atoms with Crippen molar-refractivity contribution in [3.8, 4) is 11.8 Å². The molecule has 3 aromatic rings. The summed E-state index contributed by atoms with van der Waals surface area (Å²) in [4.78, 5) is 12.7. The van der Waals surface area contributed by atoms with E-state index in [2.05, 4.69) is 32.4 Å². The van der Waals surface area contributed by atoms with E-state index in [0.717, 1.165) is 21.4 Å². The molecule has 0 bridgehead atoms. The minimum absolute atomic E-state index is 0.177. The van der Waals surface area contributed by atoms with Gasteiger partial charge >= 0.3 is 0 Å². The standard InChI is InChI=1S/C20H17BrN4O/c1-13(16-8-6-15(11-22)7-9-16)24-20(26)19-12-23-25(14(19)2)18-5-3-4-17(21)10-18/h3-10,12-13H,1-2H3,(H,24,26). The fourth-order valence-electron chi connectivity index (χ4n) is 2.70. The number of nitriles is 1. The van der Waals surface area contributed by atoms with E-state index in [1.807, 2.05) is 50.2 Å². The summed E-state index contributed by atoms with van der Waals surface area (Å²) >= 11 is 3.45. The van der Waals surface area contributed by atoms with Crippen LogP contribution in [0, 0.1) is 18.3 Å². The zero-order valence-corrected chi connectivity index (χ0v) is 16.0. The monoisotopic (exact) mass is 408 g/mol. The van der Waals surface area contributed by atoms with Crippen LogP contribution in [0.1, 0.15) is 40.1 Å². The van der Waals surface area contributed by atoms with Crippen LogP contribution in [-0.4, -0.2) is 15.7 Å². The Morgan fingerprint density at radius 3 is 2.65 bits per heavy atom. The van der Waals surface area contributed by atoms with Crippen molar-refractivity contribution in [1.82, 2.24) is 15.1 Å². The zero-order chi connectivity index (χ0) is 18.7. The van der Waals surface area contributed by atoms with Crippen molar-refractivity contribution in [2.24, 2.45) is 0 Å². The summed E-state index contributed by atoms with van der Waals surface area (Å²) in [7, 11) is 0. The molecule has 5 nitrogen and oxygen atoms in total. The van der Waals surface area contributed by atoms with Gasteiger partial charge in [0.1, 0.15) is 0 Å². The summed E-state index contributed by atoms with van der Waals surface area (Å²) in [6.07, 6.45) is 1.58. The lowest BCUT2D eigenvalue weighted by Gasteiger charge is -2.14. The number of rotatable bonds is 4. The largest absolute Gasteiger partial charge is 0.345 e. The molecule has 3 rings (SSSR count). The lowest BCUT2D eigenvalue weighted by molar-refractivity contribution is 0.0939. The number of aromatic nitrogens is 2. The second-order valence-corrected chi connectivity index (χ2v) is 6.88. The average Bonchev–Trinajstić information content (AvgIpc) is 3.03. The summed E-state index contributed by atoms with van der Waals surface area (Å²) in [5.74, 6) is -0.180. The Balaban J connectivity index is 1.79. The predicted molar refractivity (Wildman–Crippen MR) is 103 cm³/mol. The summed E-state index contributed by atoms with van der Waals surface area (Å²) in [6.45, 7) is 3.78. The van der Waals surface area contributed by atoms with E-state index in [0.29, 0.717) is 11.1 Å². The second-order valence-electron chi connectivity index (χ2n) is 5.96. The Hall–Kier alpha value is -2.91. The van der Waals surface area contributed by atoms with Crippen LogP contribution in [0.5, 0.6) is 0 Å². The molecular formula is C20H17BrN4O. The molecule has 1 N–H and O–H groups in total. The van der Waals surface area contributed by atoms with Gasteiger partial charge in [-0.15, -0.1) is 0 Å². The van der Waals surface area contributed by atoms with Crippen molar-refractivity contribution < 1.29 is 4.79 Å². The first kappa shape index (κ1) is 17.9. The van der Waals surface area contributed by atoms with Gasteiger partial charge in [0.15, 0.2) is 0 Å². The molecule has 1 aromatic heterocycles. The molecule has 0 saturated heterocycles. The highest BCUT2D eigenvalue weighted by molar-refractivity contribution is 9.10. The van der Waals surface area contributed by atoms with E-state index in [1.165, 1.54) is 0 Å². The van der Waals surface area contributed by atoms with E-state index in [-0.39, 0.29) is 11.9 Å². The second kappa shape index (κ2) is 7.54. The van der Waals surface area contributed by atoms with Crippen LogP contribution in [0.3, 0.4) is 0 Å². The minimum Gasteiger partial charge on any atom is -0.345 e. The van der Waals surface area contributed by atoms with E-state index in [1.54, 1.807) is 23.0 Å². The van der Waals surface area contributed by atoms with Gasteiger partial charge in [0, 0.05) is 4.47 Å². The Morgan fingerprint density at radius 2 is 2.00 bits per heavy atom. The summed E-state index contributed by atoms with van der Waals surface area (Å²) in [5, 5.41) is 16.2. The number of halogens is 1. The third-order valence-electron chi connectivity index (χ3n) is 4.19. The van der Waals surface area contributed by atoms with Gasteiger partial charge in [-0.25, -0.2) is 4.68 Å². The molecule has 26 heavy (non-hydrogen) atoms. The molecule has 1 heterocycles. The number of nitrogens with zero attached hydrogens (tertiary/aromatic N) is 3. The van der Waals surface area contributed by atoms with Gasteiger partial charge in [-0.05, 0) is 49.7 Å². The summed E-state index contributed by atoms with van der Waals surface area (Å²) in [5.41, 5.74) is 3.72.